The number of aryl methyl sites for hydroxylation is 2. The fourth-order valence-corrected chi connectivity index (χ4v) is 2.48. The molecule has 0 atom stereocenters. The van der Waals surface area contributed by atoms with Crippen LogP contribution in [0.15, 0.2) is 35.6 Å². The van der Waals surface area contributed by atoms with Gasteiger partial charge in [0.25, 0.3) is 0 Å². The van der Waals surface area contributed by atoms with Crippen LogP contribution < -0.4 is 5.32 Å². The van der Waals surface area contributed by atoms with E-state index >= 15 is 0 Å². The van der Waals surface area contributed by atoms with Crippen molar-refractivity contribution in [3.05, 3.63) is 52.6 Å². The Morgan fingerprint density at radius 3 is 2.77 bits per heavy atom. The second kappa shape index (κ2) is 7.31. The molecule has 2 aromatic rings. The summed E-state index contributed by atoms with van der Waals surface area (Å²) in [6, 6.07) is 6.05. The van der Waals surface area contributed by atoms with Gasteiger partial charge in [-0.3, -0.25) is 9.98 Å². The Bertz CT molecular complexity index is 645. The van der Waals surface area contributed by atoms with Crippen molar-refractivity contribution in [3.8, 4) is 0 Å². The zero-order chi connectivity index (χ0) is 16.1. The van der Waals surface area contributed by atoms with Gasteiger partial charge in [-0.2, -0.15) is 0 Å². The van der Waals surface area contributed by atoms with Crippen molar-refractivity contribution in [2.45, 2.75) is 20.0 Å². The van der Waals surface area contributed by atoms with Gasteiger partial charge in [0.05, 0.1) is 11.6 Å². The lowest BCUT2D eigenvalue weighted by molar-refractivity contribution is 0.461. The molecule has 0 aliphatic rings. The number of halogens is 1. The third-order valence-corrected chi connectivity index (χ3v) is 3.68. The van der Waals surface area contributed by atoms with Gasteiger partial charge in [0.1, 0.15) is 0 Å². The average Bonchev–Trinajstić information content (AvgIpc) is 2.79. The molecule has 0 spiro atoms. The van der Waals surface area contributed by atoms with E-state index in [9.17, 15) is 0 Å². The summed E-state index contributed by atoms with van der Waals surface area (Å²) in [7, 11) is 5.77. The summed E-state index contributed by atoms with van der Waals surface area (Å²) in [4.78, 5) is 10.7. The second-order valence-electron chi connectivity index (χ2n) is 5.33. The molecule has 0 fully saturated rings. The quantitative estimate of drug-likeness (QED) is 0.696. The molecular weight excluding hydrogens is 298 g/mol. The Kier molecular flexibility index (Phi) is 5.44. The van der Waals surface area contributed by atoms with E-state index in [1.165, 1.54) is 0 Å². The smallest absolute Gasteiger partial charge is 0.194 e. The normalized spacial score (nSPS) is 11.6. The lowest BCUT2D eigenvalue weighted by atomic mass is 10.2. The number of nitrogens with zero attached hydrogens (tertiary/aromatic N) is 4. The SMILES string of the molecule is CN=C(NCc1ccc(C)nc1)N(C)Cc1cc(Cl)cn1C. The molecule has 0 saturated heterocycles. The molecule has 6 heteroatoms. The molecule has 0 amide bonds. The van der Waals surface area contributed by atoms with Crippen LogP contribution in [0.3, 0.4) is 0 Å². The van der Waals surface area contributed by atoms with Gasteiger partial charge in [0.15, 0.2) is 5.96 Å². The van der Waals surface area contributed by atoms with E-state index in [4.69, 9.17) is 11.6 Å². The van der Waals surface area contributed by atoms with Crippen LogP contribution in [0.25, 0.3) is 0 Å². The summed E-state index contributed by atoms with van der Waals surface area (Å²) in [6.45, 7) is 3.40. The summed E-state index contributed by atoms with van der Waals surface area (Å²) < 4.78 is 2.02. The van der Waals surface area contributed by atoms with Gasteiger partial charge in [-0.25, -0.2) is 0 Å². The van der Waals surface area contributed by atoms with Gasteiger partial charge in [0, 0.05) is 51.5 Å². The van der Waals surface area contributed by atoms with Crippen LogP contribution in [0.5, 0.6) is 0 Å². The van der Waals surface area contributed by atoms with Crippen LogP contribution in [0.2, 0.25) is 5.02 Å². The number of nitrogens with one attached hydrogen (secondary N) is 1. The molecule has 0 aliphatic heterocycles. The summed E-state index contributed by atoms with van der Waals surface area (Å²) in [6.07, 6.45) is 3.78. The van der Waals surface area contributed by atoms with Crippen LogP contribution in [0.1, 0.15) is 17.0 Å². The Balaban J connectivity index is 1.96. The van der Waals surface area contributed by atoms with Gasteiger partial charge in [-0.05, 0) is 24.6 Å². The zero-order valence-corrected chi connectivity index (χ0v) is 14.2. The maximum atomic E-state index is 6.02. The molecule has 2 heterocycles. The maximum absolute atomic E-state index is 6.02. The minimum absolute atomic E-state index is 0.693. The van der Waals surface area contributed by atoms with Gasteiger partial charge in [-0.1, -0.05) is 17.7 Å². The Morgan fingerprint density at radius 2 is 2.23 bits per heavy atom. The fourth-order valence-electron chi connectivity index (χ4n) is 2.21. The minimum atomic E-state index is 0.693. The third kappa shape index (κ3) is 4.24. The van der Waals surface area contributed by atoms with Gasteiger partial charge in [0.2, 0.25) is 0 Å². The third-order valence-electron chi connectivity index (χ3n) is 3.47. The molecule has 0 aromatic carbocycles. The second-order valence-corrected chi connectivity index (χ2v) is 5.76. The van der Waals surface area contributed by atoms with Crippen molar-refractivity contribution < 1.29 is 0 Å². The molecule has 1 N–H and O–H groups in total. The highest BCUT2D eigenvalue weighted by molar-refractivity contribution is 6.30. The molecule has 0 unspecified atom stereocenters. The Hall–Kier alpha value is -2.01. The molecule has 22 heavy (non-hydrogen) atoms. The molecule has 0 aliphatic carbocycles. The highest BCUT2D eigenvalue weighted by Gasteiger charge is 2.09. The van der Waals surface area contributed by atoms with Gasteiger partial charge < -0.3 is 14.8 Å². The first-order valence-electron chi connectivity index (χ1n) is 7.13. The van der Waals surface area contributed by atoms with E-state index in [0.29, 0.717) is 6.54 Å². The predicted octanol–water partition coefficient (Wildman–Crippen LogP) is 2.59. The summed E-state index contributed by atoms with van der Waals surface area (Å²) in [5.41, 5.74) is 3.28. The first kappa shape index (κ1) is 16.4. The van der Waals surface area contributed by atoms with E-state index < -0.39 is 0 Å². The lowest BCUT2D eigenvalue weighted by Gasteiger charge is -2.22. The van der Waals surface area contributed by atoms with E-state index in [0.717, 1.165) is 34.5 Å². The van der Waals surface area contributed by atoms with Crippen LogP contribution in [0.4, 0.5) is 0 Å². The Morgan fingerprint density at radius 1 is 1.45 bits per heavy atom. The number of pyridine rings is 1. The van der Waals surface area contributed by atoms with E-state index in [1.54, 1.807) is 7.05 Å². The minimum Gasteiger partial charge on any atom is -0.352 e. The number of aromatic nitrogens is 2. The molecule has 2 aromatic heterocycles. The summed E-state index contributed by atoms with van der Waals surface area (Å²) in [5, 5.41) is 4.09. The zero-order valence-electron chi connectivity index (χ0n) is 13.5. The highest BCUT2D eigenvalue weighted by Crippen LogP contribution is 2.14. The molecule has 5 nitrogen and oxygen atoms in total. The number of hydrogen-bond acceptors (Lipinski definition) is 2. The van der Waals surface area contributed by atoms with Crippen molar-refractivity contribution in [1.29, 1.82) is 0 Å². The van der Waals surface area contributed by atoms with E-state index in [1.807, 2.05) is 50.1 Å². The van der Waals surface area contributed by atoms with Crippen molar-refractivity contribution in [3.63, 3.8) is 0 Å². The molecule has 2 rings (SSSR count). The summed E-state index contributed by atoms with van der Waals surface area (Å²) >= 11 is 6.02. The molecular formula is C16H22ClN5. The number of guanidine groups is 1. The lowest BCUT2D eigenvalue weighted by Crippen LogP contribution is -2.38. The van der Waals surface area contributed by atoms with E-state index in [-0.39, 0.29) is 0 Å². The average molecular weight is 320 g/mol. The maximum Gasteiger partial charge on any atom is 0.194 e. The van der Waals surface area contributed by atoms with Gasteiger partial charge >= 0.3 is 0 Å². The summed E-state index contributed by atoms with van der Waals surface area (Å²) in [5.74, 6) is 0.831. The van der Waals surface area contributed by atoms with E-state index in [2.05, 4.69) is 26.3 Å². The van der Waals surface area contributed by atoms with Crippen molar-refractivity contribution in [2.24, 2.45) is 12.0 Å². The first-order valence-corrected chi connectivity index (χ1v) is 7.51. The number of hydrogen-bond donors (Lipinski definition) is 1. The molecule has 118 valence electrons. The van der Waals surface area contributed by atoms with Gasteiger partial charge in [-0.15, -0.1) is 0 Å². The molecule has 0 bridgehead atoms. The van der Waals surface area contributed by atoms with Crippen molar-refractivity contribution >= 4 is 17.6 Å². The van der Waals surface area contributed by atoms with Crippen LogP contribution >= 0.6 is 11.6 Å². The highest BCUT2D eigenvalue weighted by atomic mass is 35.5. The van der Waals surface area contributed by atoms with Crippen LogP contribution in [-0.4, -0.2) is 34.5 Å². The standard InChI is InChI=1S/C16H22ClN5/c1-12-5-6-13(8-19-12)9-20-16(18-2)22(4)11-15-7-14(17)10-21(15)3/h5-8,10H,9,11H2,1-4H3,(H,18,20). The van der Waals surface area contributed by atoms with Crippen LogP contribution in [0, 0.1) is 6.92 Å². The predicted molar refractivity (Wildman–Crippen MR) is 91.1 cm³/mol. The molecule has 0 radical (unpaired) electrons. The first-order chi connectivity index (χ1) is 10.5. The van der Waals surface area contributed by atoms with Crippen molar-refractivity contribution in [2.75, 3.05) is 14.1 Å². The topological polar surface area (TPSA) is 45.5 Å². The van der Waals surface area contributed by atoms with Crippen LogP contribution in [-0.2, 0) is 20.1 Å². The monoisotopic (exact) mass is 319 g/mol. The Labute approximate surface area is 136 Å². The number of aliphatic imine (C=N–C) groups is 1. The van der Waals surface area contributed by atoms with Crippen molar-refractivity contribution in [1.82, 2.24) is 19.8 Å². The molecule has 0 saturated carbocycles. The largest absolute Gasteiger partial charge is 0.352 e. The fraction of sp³-hybridized carbons (Fsp3) is 0.375. The number of rotatable bonds is 4.